The van der Waals surface area contributed by atoms with Crippen molar-refractivity contribution in [1.29, 1.82) is 0 Å². The molecule has 3 N–H and O–H groups in total. The van der Waals surface area contributed by atoms with Gasteiger partial charge in [-0.05, 0) is 36.2 Å². The van der Waals surface area contributed by atoms with Crippen molar-refractivity contribution in [3.63, 3.8) is 0 Å². The van der Waals surface area contributed by atoms with Gasteiger partial charge in [0, 0.05) is 12.2 Å². The molecule has 15 heavy (non-hydrogen) atoms. The quantitative estimate of drug-likeness (QED) is 0.748. The number of hydrogen-bond donors (Lipinski definition) is 2. The number of halogens is 2. The zero-order chi connectivity index (χ0) is 9.10. The van der Waals surface area contributed by atoms with Gasteiger partial charge in [0.15, 0.2) is 0 Å². The zero-order valence-electron chi connectivity index (χ0n) is 8.40. The van der Waals surface area contributed by atoms with Gasteiger partial charge in [-0.15, -0.1) is 24.8 Å². The van der Waals surface area contributed by atoms with Crippen molar-refractivity contribution in [2.45, 2.75) is 6.42 Å². The van der Waals surface area contributed by atoms with E-state index in [4.69, 9.17) is 5.73 Å². The topological polar surface area (TPSA) is 38.0 Å². The van der Waals surface area contributed by atoms with E-state index in [1.54, 1.807) is 0 Å². The van der Waals surface area contributed by atoms with Crippen molar-refractivity contribution >= 4 is 36.1 Å². The van der Waals surface area contributed by atoms with Gasteiger partial charge in [0.05, 0.1) is 0 Å². The van der Waals surface area contributed by atoms with Crippen molar-refractivity contribution < 1.29 is 0 Å². The maximum atomic E-state index is 5.62. The fourth-order valence-electron chi connectivity index (χ4n) is 1.58. The molecule has 0 atom stereocenters. The van der Waals surface area contributed by atoms with Crippen LogP contribution in [0.15, 0.2) is 30.3 Å². The van der Waals surface area contributed by atoms with Gasteiger partial charge in [-0.2, -0.15) is 0 Å². The summed E-state index contributed by atoms with van der Waals surface area (Å²) < 4.78 is 0. The highest BCUT2D eigenvalue weighted by Gasteiger charge is 2.04. The molecule has 1 aromatic carbocycles. The van der Waals surface area contributed by atoms with Crippen LogP contribution in [0.3, 0.4) is 0 Å². The third-order valence-electron chi connectivity index (χ3n) is 2.35. The van der Waals surface area contributed by atoms with Gasteiger partial charge in [-0.1, -0.05) is 18.2 Å². The van der Waals surface area contributed by atoms with Crippen LogP contribution in [0.25, 0.3) is 5.57 Å². The Kier molecular flexibility index (Phi) is 6.41. The van der Waals surface area contributed by atoms with Crippen molar-refractivity contribution in [1.82, 2.24) is 5.32 Å². The number of nitrogen functional groups attached to an aromatic ring is 1. The van der Waals surface area contributed by atoms with Gasteiger partial charge in [0.25, 0.3) is 0 Å². The van der Waals surface area contributed by atoms with E-state index >= 15 is 0 Å². The molecule has 84 valence electrons. The molecule has 0 amide bonds. The number of nitrogens with two attached hydrogens (primary N) is 1. The maximum absolute atomic E-state index is 5.62. The van der Waals surface area contributed by atoms with Crippen LogP contribution in [0.4, 0.5) is 5.69 Å². The van der Waals surface area contributed by atoms with E-state index in [1.165, 1.54) is 11.1 Å². The molecule has 1 aliphatic rings. The number of nitrogens with one attached hydrogen (secondary N) is 1. The summed E-state index contributed by atoms with van der Waals surface area (Å²) in [5.41, 5.74) is 9.19. The van der Waals surface area contributed by atoms with Crippen molar-refractivity contribution in [3.05, 3.63) is 35.9 Å². The largest absolute Gasteiger partial charge is 0.399 e. The predicted molar refractivity (Wildman–Crippen MR) is 70.8 cm³/mol. The Hall–Kier alpha value is -0.700. The molecule has 1 aromatic rings. The zero-order valence-corrected chi connectivity index (χ0v) is 10.0. The Morgan fingerprint density at radius 2 is 1.73 bits per heavy atom. The highest BCUT2D eigenvalue weighted by atomic mass is 35.5. The summed E-state index contributed by atoms with van der Waals surface area (Å²) in [5, 5.41) is 3.29. The average Bonchev–Trinajstić information content (AvgIpc) is 2.20. The van der Waals surface area contributed by atoms with Crippen LogP contribution in [0, 0.1) is 0 Å². The third kappa shape index (κ3) is 3.74. The molecule has 0 radical (unpaired) electrons. The molecule has 0 saturated heterocycles. The Balaban J connectivity index is 0.000000980. The molecule has 2 nitrogen and oxygen atoms in total. The highest BCUT2D eigenvalue weighted by molar-refractivity contribution is 5.85. The lowest BCUT2D eigenvalue weighted by atomic mass is 10.0. The summed E-state index contributed by atoms with van der Waals surface area (Å²) >= 11 is 0. The van der Waals surface area contributed by atoms with Crippen LogP contribution in [0.1, 0.15) is 12.0 Å². The monoisotopic (exact) mass is 246 g/mol. The fourth-order valence-corrected chi connectivity index (χ4v) is 1.58. The Bertz CT molecular complexity index is 320. The van der Waals surface area contributed by atoms with Crippen molar-refractivity contribution in [3.8, 4) is 0 Å². The fraction of sp³-hybridized carbons (Fsp3) is 0.273. The van der Waals surface area contributed by atoms with Gasteiger partial charge in [-0.25, -0.2) is 0 Å². The van der Waals surface area contributed by atoms with Crippen LogP contribution in [0.5, 0.6) is 0 Å². The first kappa shape index (κ1) is 14.3. The molecule has 0 saturated carbocycles. The van der Waals surface area contributed by atoms with Gasteiger partial charge in [-0.3, -0.25) is 0 Å². The summed E-state index contributed by atoms with van der Waals surface area (Å²) in [6.45, 7) is 2.07. The molecule has 4 heteroatoms. The van der Waals surface area contributed by atoms with Gasteiger partial charge in [0.2, 0.25) is 0 Å². The van der Waals surface area contributed by atoms with Crippen LogP contribution in [-0.4, -0.2) is 13.1 Å². The number of rotatable bonds is 1. The maximum Gasteiger partial charge on any atom is 0.0314 e. The Labute approximate surface area is 103 Å². The predicted octanol–water partition coefficient (Wildman–Crippen LogP) is 2.49. The second-order valence-corrected chi connectivity index (χ2v) is 3.31. The lowest BCUT2D eigenvalue weighted by molar-refractivity contribution is 0.738. The standard InChI is InChI=1S/C11H14N2.2ClH/c12-11-3-1-9(2-4-11)10-5-7-13-8-6-10;;/h1-5,13H,6-8,12H2;2*1H. The first-order chi connectivity index (χ1) is 6.36. The minimum Gasteiger partial charge on any atom is -0.399 e. The summed E-state index contributed by atoms with van der Waals surface area (Å²) in [6, 6.07) is 8.09. The summed E-state index contributed by atoms with van der Waals surface area (Å²) in [6.07, 6.45) is 3.36. The van der Waals surface area contributed by atoms with Crippen LogP contribution < -0.4 is 11.1 Å². The third-order valence-corrected chi connectivity index (χ3v) is 2.35. The lowest BCUT2D eigenvalue weighted by Gasteiger charge is -2.14. The highest BCUT2D eigenvalue weighted by Crippen LogP contribution is 2.20. The first-order valence-corrected chi connectivity index (χ1v) is 4.62. The van der Waals surface area contributed by atoms with Crippen LogP contribution in [-0.2, 0) is 0 Å². The van der Waals surface area contributed by atoms with Crippen LogP contribution in [0.2, 0.25) is 0 Å². The van der Waals surface area contributed by atoms with Crippen LogP contribution >= 0.6 is 24.8 Å². The molecule has 2 rings (SSSR count). The first-order valence-electron chi connectivity index (χ1n) is 4.62. The second-order valence-electron chi connectivity index (χ2n) is 3.31. The van der Waals surface area contributed by atoms with Gasteiger partial charge < -0.3 is 11.1 Å². The number of anilines is 1. The smallest absolute Gasteiger partial charge is 0.0314 e. The second kappa shape index (κ2) is 6.72. The molecule has 1 aliphatic heterocycles. The minimum atomic E-state index is 0. The Morgan fingerprint density at radius 1 is 1.07 bits per heavy atom. The van der Waals surface area contributed by atoms with E-state index in [2.05, 4.69) is 23.5 Å². The van der Waals surface area contributed by atoms with E-state index in [9.17, 15) is 0 Å². The molecular weight excluding hydrogens is 231 g/mol. The summed E-state index contributed by atoms with van der Waals surface area (Å²) in [5.74, 6) is 0. The number of benzene rings is 1. The average molecular weight is 247 g/mol. The van der Waals surface area contributed by atoms with Crippen molar-refractivity contribution in [2.24, 2.45) is 0 Å². The molecule has 0 aromatic heterocycles. The SMILES string of the molecule is Cl.Cl.Nc1ccc(C2=CCNCC2)cc1. The molecule has 0 unspecified atom stereocenters. The summed E-state index contributed by atoms with van der Waals surface area (Å²) in [7, 11) is 0. The van der Waals surface area contributed by atoms with E-state index < -0.39 is 0 Å². The van der Waals surface area contributed by atoms with E-state index in [-0.39, 0.29) is 24.8 Å². The molecule has 0 bridgehead atoms. The van der Waals surface area contributed by atoms with E-state index in [1.807, 2.05) is 12.1 Å². The normalized spacial score (nSPS) is 14.5. The van der Waals surface area contributed by atoms with Gasteiger partial charge >= 0.3 is 0 Å². The van der Waals surface area contributed by atoms with Gasteiger partial charge in [0.1, 0.15) is 0 Å². The molecule has 0 aliphatic carbocycles. The lowest BCUT2D eigenvalue weighted by Crippen LogP contribution is -2.19. The molecule has 1 heterocycles. The Morgan fingerprint density at radius 3 is 2.27 bits per heavy atom. The molecule has 0 spiro atoms. The summed E-state index contributed by atoms with van der Waals surface area (Å²) in [4.78, 5) is 0. The molecular formula is C11H16Cl2N2. The molecule has 0 fully saturated rings. The van der Waals surface area contributed by atoms with E-state index in [0.717, 1.165) is 25.2 Å². The number of hydrogen-bond acceptors (Lipinski definition) is 2. The minimum absolute atomic E-state index is 0. The van der Waals surface area contributed by atoms with Crippen molar-refractivity contribution in [2.75, 3.05) is 18.8 Å². The van der Waals surface area contributed by atoms with E-state index in [0.29, 0.717) is 0 Å².